The van der Waals surface area contributed by atoms with Crippen molar-refractivity contribution in [3.63, 3.8) is 0 Å². The molecule has 2 aromatic rings. The van der Waals surface area contributed by atoms with E-state index in [4.69, 9.17) is 4.74 Å². The molecule has 0 aromatic heterocycles. The molecular formula is C24H24N4O6. The largest absolute Gasteiger partial charge is 0.372 e. The average molecular weight is 464 g/mol. The number of hydrogen-bond acceptors (Lipinski definition) is 7. The van der Waals surface area contributed by atoms with Crippen LogP contribution in [-0.2, 0) is 27.3 Å². The monoisotopic (exact) mass is 464 g/mol. The number of amides is 4. The number of nitrogens with zero attached hydrogens (tertiary/aromatic N) is 3. The smallest absolute Gasteiger partial charge is 0.331 e. The van der Waals surface area contributed by atoms with Crippen LogP contribution >= 0.6 is 0 Å². The summed E-state index contributed by atoms with van der Waals surface area (Å²) in [6, 6.07) is 12.1. The fraction of sp³-hybridized carbons (Fsp3) is 0.375. The Kier molecular flexibility index (Phi) is 5.12. The van der Waals surface area contributed by atoms with Crippen LogP contribution in [0.4, 0.5) is 16.2 Å². The number of nitro benzene ring substituents is 1. The molecule has 3 aliphatic heterocycles. The molecular weight excluding hydrogens is 440 g/mol. The molecule has 3 heterocycles. The lowest BCUT2D eigenvalue weighted by Gasteiger charge is -2.56. The van der Waals surface area contributed by atoms with Gasteiger partial charge in [0.1, 0.15) is 0 Å². The third-order valence-electron chi connectivity index (χ3n) is 6.92. The number of nitro groups is 1. The van der Waals surface area contributed by atoms with Crippen molar-refractivity contribution in [2.24, 2.45) is 5.41 Å². The van der Waals surface area contributed by atoms with Crippen LogP contribution in [0.3, 0.4) is 0 Å². The number of hydrogen-bond donors (Lipinski definition) is 1. The van der Waals surface area contributed by atoms with E-state index in [0.29, 0.717) is 12.1 Å². The van der Waals surface area contributed by atoms with Crippen LogP contribution in [0.15, 0.2) is 48.5 Å². The lowest BCUT2D eigenvalue weighted by atomic mass is 9.66. The molecule has 2 aromatic carbocycles. The van der Waals surface area contributed by atoms with Gasteiger partial charge in [-0.05, 0) is 31.0 Å². The molecule has 5 rings (SSSR count). The summed E-state index contributed by atoms with van der Waals surface area (Å²) in [5, 5.41) is 13.8. The summed E-state index contributed by atoms with van der Waals surface area (Å²) >= 11 is 0. The van der Waals surface area contributed by atoms with Gasteiger partial charge < -0.3 is 9.64 Å². The molecule has 0 bridgehead atoms. The lowest BCUT2D eigenvalue weighted by molar-refractivity contribution is -0.384. The molecule has 4 atom stereocenters. The third kappa shape index (κ3) is 3.25. The zero-order valence-corrected chi connectivity index (χ0v) is 18.8. The molecule has 34 heavy (non-hydrogen) atoms. The molecule has 2 saturated heterocycles. The predicted molar refractivity (Wildman–Crippen MR) is 121 cm³/mol. The van der Waals surface area contributed by atoms with Gasteiger partial charge in [-0.2, -0.15) is 0 Å². The van der Waals surface area contributed by atoms with Crippen LogP contribution in [-0.4, -0.2) is 52.5 Å². The van der Waals surface area contributed by atoms with Crippen molar-refractivity contribution in [3.05, 3.63) is 69.8 Å². The second-order valence-electron chi connectivity index (χ2n) is 9.10. The number of carbonyl (C=O) groups excluding carboxylic acids is 3. The van der Waals surface area contributed by atoms with Gasteiger partial charge in [-0.15, -0.1) is 0 Å². The Morgan fingerprint density at radius 3 is 2.59 bits per heavy atom. The van der Waals surface area contributed by atoms with Gasteiger partial charge in [0.05, 0.1) is 29.7 Å². The molecule has 1 spiro atoms. The van der Waals surface area contributed by atoms with Crippen LogP contribution in [0.2, 0.25) is 0 Å². The summed E-state index contributed by atoms with van der Waals surface area (Å²) in [6.45, 7) is 4.10. The highest BCUT2D eigenvalue weighted by Crippen LogP contribution is 2.48. The number of benzene rings is 2. The van der Waals surface area contributed by atoms with E-state index in [1.165, 1.54) is 12.1 Å². The maximum Gasteiger partial charge on any atom is 0.331 e. The summed E-state index contributed by atoms with van der Waals surface area (Å²) in [7, 11) is 0. The first-order valence-electron chi connectivity index (χ1n) is 11.1. The normalized spacial score (nSPS) is 28.4. The van der Waals surface area contributed by atoms with Crippen LogP contribution in [0.25, 0.3) is 0 Å². The van der Waals surface area contributed by atoms with E-state index in [9.17, 15) is 24.5 Å². The minimum atomic E-state index is -1.68. The first-order chi connectivity index (χ1) is 16.2. The van der Waals surface area contributed by atoms with E-state index >= 15 is 0 Å². The minimum absolute atomic E-state index is 0.000687. The van der Waals surface area contributed by atoms with E-state index < -0.39 is 40.3 Å². The number of rotatable bonds is 3. The van der Waals surface area contributed by atoms with Crippen LogP contribution in [0.5, 0.6) is 0 Å². The van der Waals surface area contributed by atoms with E-state index in [-0.39, 0.29) is 24.8 Å². The quantitative estimate of drug-likeness (QED) is 0.420. The first-order valence-corrected chi connectivity index (χ1v) is 11.1. The Labute approximate surface area is 195 Å². The van der Waals surface area contributed by atoms with Gasteiger partial charge in [-0.1, -0.05) is 30.3 Å². The van der Waals surface area contributed by atoms with Gasteiger partial charge in [-0.3, -0.25) is 29.9 Å². The number of ether oxygens (including phenoxy) is 1. The number of barbiturate groups is 1. The highest BCUT2D eigenvalue weighted by Gasteiger charge is 2.64. The fourth-order valence-electron chi connectivity index (χ4n) is 5.59. The van der Waals surface area contributed by atoms with Crippen molar-refractivity contribution < 1.29 is 24.0 Å². The second-order valence-corrected chi connectivity index (χ2v) is 9.10. The molecule has 0 aliphatic carbocycles. The highest BCUT2D eigenvalue weighted by atomic mass is 16.6. The van der Waals surface area contributed by atoms with Crippen molar-refractivity contribution >= 4 is 29.2 Å². The topological polar surface area (TPSA) is 122 Å². The van der Waals surface area contributed by atoms with Gasteiger partial charge in [-0.25, -0.2) is 4.79 Å². The molecule has 0 unspecified atom stereocenters. The van der Waals surface area contributed by atoms with Gasteiger partial charge in [0, 0.05) is 30.8 Å². The summed E-state index contributed by atoms with van der Waals surface area (Å²) in [5.74, 6) is -1.33. The van der Waals surface area contributed by atoms with Crippen LogP contribution in [0, 0.1) is 15.5 Å². The maximum atomic E-state index is 14.1. The number of urea groups is 1. The summed E-state index contributed by atoms with van der Waals surface area (Å²) < 4.78 is 6.05. The Morgan fingerprint density at radius 2 is 1.88 bits per heavy atom. The zero-order valence-electron chi connectivity index (χ0n) is 18.8. The molecule has 176 valence electrons. The van der Waals surface area contributed by atoms with Gasteiger partial charge >= 0.3 is 6.03 Å². The molecule has 1 N–H and O–H groups in total. The van der Waals surface area contributed by atoms with Crippen molar-refractivity contribution in [2.75, 3.05) is 11.4 Å². The molecule has 3 aliphatic rings. The fourth-order valence-corrected chi connectivity index (χ4v) is 5.59. The number of fused-ring (bicyclic) bond motifs is 4. The SMILES string of the molecule is C[C@@H]1CN2c3ccc([N+](=O)[O-])cc3C[C@]3(C(=O)NC(=O)N(Cc4ccccc4)C3=O)[C@H]2[C@H](C)O1. The number of anilines is 1. The van der Waals surface area contributed by atoms with Crippen molar-refractivity contribution in [1.82, 2.24) is 10.2 Å². The summed E-state index contributed by atoms with van der Waals surface area (Å²) in [4.78, 5) is 54.3. The molecule has 4 amide bonds. The van der Waals surface area contributed by atoms with Crippen molar-refractivity contribution in [2.45, 2.75) is 45.1 Å². The Hall–Kier alpha value is -3.79. The van der Waals surface area contributed by atoms with Gasteiger partial charge in [0.2, 0.25) is 11.8 Å². The number of carbonyl (C=O) groups is 3. The Balaban J connectivity index is 1.65. The molecule has 0 radical (unpaired) electrons. The first kappa shape index (κ1) is 22.0. The standard InChI is InChI=1S/C24H24N4O6/c1-14-12-26-19-9-8-18(28(32)33)10-17(19)11-24(20(26)15(2)34-14)21(29)25-23(31)27(22(24)30)13-16-6-4-3-5-7-16/h3-10,14-15,20H,11-13H2,1-2H3,(H,25,29,31)/t14-,15+,20-,24-/m1/s1. The molecule has 10 heteroatoms. The molecule has 0 saturated carbocycles. The number of morpholine rings is 1. The molecule has 2 fully saturated rings. The lowest BCUT2D eigenvalue weighted by Crippen LogP contribution is -2.75. The predicted octanol–water partition coefficient (Wildman–Crippen LogP) is 2.40. The minimum Gasteiger partial charge on any atom is -0.372 e. The Morgan fingerprint density at radius 1 is 1.15 bits per heavy atom. The van der Waals surface area contributed by atoms with Gasteiger partial charge in [0.25, 0.3) is 5.69 Å². The van der Waals surface area contributed by atoms with E-state index in [1.807, 2.05) is 24.8 Å². The van der Waals surface area contributed by atoms with Crippen LogP contribution < -0.4 is 10.2 Å². The van der Waals surface area contributed by atoms with Crippen molar-refractivity contribution in [1.29, 1.82) is 0 Å². The van der Waals surface area contributed by atoms with Crippen LogP contribution in [0.1, 0.15) is 25.0 Å². The molecule has 10 nitrogen and oxygen atoms in total. The number of imide groups is 2. The van der Waals surface area contributed by atoms with E-state index in [0.717, 1.165) is 16.2 Å². The average Bonchev–Trinajstić information content (AvgIpc) is 2.80. The zero-order chi connectivity index (χ0) is 24.2. The highest BCUT2D eigenvalue weighted by molar-refractivity contribution is 6.20. The number of nitrogens with one attached hydrogen (secondary N) is 1. The summed E-state index contributed by atoms with van der Waals surface area (Å²) in [5.41, 5.74) is 0.188. The van der Waals surface area contributed by atoms with Crippen molar-refractivity contribution in [3.8, 4) is 0 Å². The van der Waals surface area contributed by atoms with E-state index in [1.54, 1.807) is 30.3 Å². The number of non-ortho nitro benzene ring substituents is 1. The third-order valence-corrected chi connectivity index (χ3v) is 6.92. The maximum absolute atomic E-state index is 14.1. The second kappa shape index (κ2) is 7.91. The van der Waals surface area contributed by atoms with E-state index in [2.05, 4.69) is 5.32 Å². The van der Waals surface area contributed by atoms with Gasteiger partial charge in [0.15, 0.2) is 5.41 Å². The summed E-state index contributed by atoms with van der Waals surface area (Å²) in [6.07, 6.45) is -0.766. The Bertz CT molecular complexity index is 1200.